The molecule has 94 valence electrons. The summed E-state index contributed by atoms with van der Waals surface area (Å²) in [4.78, 5) is 14.6. The Morgan fingerprint density at radius 3 is 2.82 bits per heavy atom. The first kappa shape index (κ1) is 12.5. The Balaban J connectivity index is 1.79. The summed E-state index contributed by atoms with van der Waals surface area (Å²) in [6, 6.07) is 4.15. The first-order chi connectivity index (χ1) is 8.15. The van der Waals surface area contributed by atoms with Crippen LogP contribution < -0.4 is 5.32 Å². The molecule has 1 aromatic rings. The molecule has 17 heavy (non-hydrogen) atoms. The second-order valence-corrected chi connectivity index (χ2v) is 5.70. The summed E-state index contributed by atoms with van der Waals surface area (Å²) >= 11 is 1.36. The van der Waals surface area contributed by atoms with Crippen molar-refractivity contribution in [1.29, 1.82) is 0 Å². The number of aromatic carboxylic acids is 1. The van der Waals surface area contributed by atoms with E-state index in [-0.39, 0.29) is 0 Å². The van der Waals surface area contributed by atoms with Gasteiger partial charge in [-0.3, -0.25) is 0 Å². The average molecular weight is 254 g/mol. The van der Waals surface area contributed by atoms with E-state index in [1.807, 2.05) is 6.07 Å². The molecule has 0 atom stereocenters. The summed E-state index contributed by atoms with van der Waals surface area (Å²) in [5, 5.41) is 12.3. The molecule has 2 N–H and O–H groups in total. The fraction of sp³-hybridized carbons (Fsp3) is 0.583. The molecule has 0 spiro atoms. The zero-order valence-corrected chi connectivity index (χ0v) is 10.8. The maximum Gasteiger partial charge on any atom is 0.345 e. The molecule has 1 aromatic heterocycles. The fourth-order valence-corrected chi connectivity index (χ4v) is 2.84. The monoisotopic (exact) mass is 254 g/mol. The van der Waals surface area contributed by atoms with Crippen LogP contribution in [0.2, 0.25) is 0 Å². The van der Waals surface area contributed by atoms with Gasteiger partial charge in [-0.2, -0.15) is 0 Å². The lowest BCUT2D eigenvalue weighted by Crippen LogP contribution is -2.40. The summed E-state index contributed by atoms with van der Waals surface area (Å²) in [6.07, 6.45) is 2.35. The number of nitrogens with zero attached hydrogens (tertiary/aromatic N) is 1. The molecule has 1 saturated heterocycles. The van der Waals surface area contributed by atoms with Crippen LogP contribution in [0.25, 0.3) is 0 Å². The van der Waals surface area contributed by atoms with Crippen molar-refractivity contribution in [2.75, 3.05) is 20.1 Å². The summed E-state index contributed by atoms with van der Waals surface area (Å²) in [5.74, 6) is -0.833. The van der Waals surface area contributed by atoms with E-state index in [1.54, 1.807) is 6.07 Å². The van der Waals surface area contributed by atoms with Crippen molar-refractivity contribution in [3.63, 3.8) is 0 Å². The van der Waals surface area contributed by atoms with Crippen LogP contribution in [0.1, 0.15) is 27.4 Å². The molecule has 0 bridgehead atoms. The molecule has 2 rings (SSSR count). The maximum atomic E-state index is 10.7. The molecule has 0 aromatic carbocycles. The topological polar surface area (TPSA) is 52.6 Å². The lowest BCUT2D eigenvalue weighted by molar-refractivity contribution is 0.0702. The van der Waals surface area contributed by atoms with Crippen molar-refractivity contribution >= 4 is 17.3 Å². The van der Waals surface area contributed by atoms with Crippen molar-refractivity contribution < 1.29 is 9.90 Å². The zero-order chi connectivity index (χ0) is 12.3. The van der Waals surface area contributed by atoms with Crippen LogP contribution in [0.15, 0.2) is 12.1 Å². The molecule has 1 fully saturated rings. The highest BCUT2D eigenvalue weighted by Gasteiger charge is 2.16. The Kier molecular flexibility index (Phi) is 4.15. The molecule has 0 amide bonds. The van der Waals surface area contributed by atoms with Gasteiger partial charge in [0.25, 0.3) is 0 Å². The number of carboxylic acid groups (broad SMARTS) is 1. The van der Waals surface area contributed by atoms with Gasteiger partial charge in [0.2, 0.25) is 0 Å². The minimum atomic E-state index is -0.833. The molecule has 1 aliphatic rings. The Hall–Kier alpha value is -0.910. The molecule has 4 nitrogen and oxygen atoms in total. The third-order valence-electron chi connectivity index (χ3n) is 3.16. The number of piperidine rings is 1. The minimum Gasteiger partial charge on any atom is -0.477 e. The Labute approximate surface area is 105 Å². The first-order valence-electron chi connectivity index (χ1n) is 5.89. The number of carbonyl (C=O) groups is 1. The van der Waals surface area contributed by atoms with E-state index in [0.29, 0.717) is 10.9 Å². The second kappa shape index (κ2) is 5.62. The van der Waals surface area contributed by atoms with Crippen molar-refractivity contribution in [3.8, 4) is 0 Å². The van der Waals surface area contributed by atoms with Crippen LogP contribution in [-0.4, -0.2) is 42.2 Å². The van der Waals surface area contributed by atoms with Gasteiger partial charge in [-0.1, -0.05) is 0 Å². The van der Waals surface area contributed by atoms with E-state index in [1.165, 1.54) is 24.2 Å². The Morgan fingerprint density at radius 2 is 2.24 bits per heavy atom. The molecule has 0 saturated carbocycles. The molecule has 0 radical (unpaired) electrons. The maximum absolute atomic E-state index is 10.7. The van der Waals surface area contributed by atoms with Gasteiger partial charge in [0, 0.05) is 17.5 Å². The van der Waals surface area contributed by atoms with Crippen LogP contribution in [0, 0.1) is 0 Å². The van der Waals surface area contributed by atoms with Crippen LogP contribution in [-0.2, 0) is 6.54 Å². The van der Waals surface area contributed by atoms with Crippen molar-refractivity contribution in [1.82, 2.24) is 10.2 Å². The number of hydrogen-bond donors (Lipinski definition) is 2. The van der Waals surface area contributed by atoms with Gasteiger partial charge in [0.15, 0.2) is 0 Å². The largest absolute Gasteiger partial charge is 0.477 e. The number of hydrogen-bond acceptors (Lipinski definition) is 4. The molecule has 5 heteroatoms. The quantitative estimate of drug-likeness (QED) is 0.857. The lowest BCUT2D eigenvalue weighted by atomic mass is 10.1. The van der Waals surface area contributed by atoms with Gasteiger partial charge in [-0.05, 0) is 45.1 Å². The first-order valence-corrected chi connectivity index (χ1v) is 6.71. The SMILES string of the molecule is CN1CCC(NCc2ccc(C(=O)O)s2)CC1. The number of nitrogens with one attached hydrogen (secondary N) is 1. The number of likely N-dealkylation sites (tertiary alicyclic amines) is 1. The van der Waals surface area contributed by atoms with E-state index in [2.05, 4.69) is 17.3 Å². The smallest absolute Gasteiger partial charge is 0.345 e. The van der Waals surface area contributed by atoms with Crippen LogP contribution in [0.5, 0.6) is 0 Å². The summed E-state index contributed by atoms with van der Waals surface area (Å²) in [6.45, 7) is 3.07. The molecular weight excluding hydrogens is 236 g/mol. The highest BCUT2D eigenvalue weighted by atomic mass is 32.1. The van der Waals surface area contributed by atoms with Crippen LogP contribution in [0.3, 0.4) is 0 Å². The molecule has 0 aliphatic carbocycles. The van der Waals surface area contributed by atoms with Gasteiger partial charge >= 0.3 is 5.97 Å². The van der Waals surface area contributed by atoms with E-state index >= 15 is 0 Å². The molecular formula is C12H18N2O2S. The predicted octanol–water partition coefficient (Wildman–Crippen LogP) is 1.63. The van der Waals surface area contributed by atoms with Crippen LogP contribution >= 0.6 is 11.3 Å². The zero-order valence-electron chi connectivity index (χ0n) is 9.98. The van der Waals surface area contributed by atoms with Gasteiger partial charge in [-0.25, -0.2) is 4.79 Å². The van der Waals surface area contributed by atoms with E-state index in [4.69, 9.17) is 5.11 Å². The van der Waals surface area contributed by atoms with Crippen molar-refractivity contribution in [2.24, 2.45) is 0 Å². The average Bonchev–Trinajstić information content (AvgIpc) is 2.77. The highest BCUT2D eigenvalue weighted by molar-refractivity contribution is 7.13. The number of thiophene rings is 1. The Morgan fingerprint density at radius 1 is 1.53 bits per heavy atom. The normalized spacial score (nSPS) is 18.4. The van der Waals surface area contributed by atoms with E-state index < -0.39 is 5.97 Å². The van der Waals surface area contributed by atoms with Crippen molar-refractivity contribution in [2.45, 2.75) is 25.4 Å². The van der Waals surface area contributed by atoms with Gasteiger partial charge < -0.3 is 15.3 Å². The lowest BCUT2D eigenvalue weighted by Gasteiger charge is -2.29. The second-order valence-electron chi connectivity index (χ2n) is 4.53. The standard InChI is InChI=1S/C12H18N2O2S/c1-14-6-4-9(5-7-14)13-8-10-2-3-11(17-10)12(15)16/h2-3,9,13H,4-8H2,1H3,(H,15,16). The minimum absolute atomic E-state index is 0.421. The fourth-order valence-electron chi connectivity index (χ4n) is 2.05. The third kappa shape index (κ3) is 3.52. The van der Waals surface area contributed by atoms with E-state index in [9.17, 15) is 4.79 Å². The summed E-state index contributed by atoms with van der Waals surface area (Å²) < 4.78 is 0. The van der Waals surface area contributed by atoms with E-state index in [0.717, 1.165) is 24.5 Å². The molecule has 2 heterocycles. The number of carboxylic acids is 1. The van der Waals surface area contributed by atoms with Gasteiger partial charge in [-0.15, -0.1) is 11.3 Å². The Bertz CT molecular complexity index is 384. The van der Waals surface area contributed by atoms with Crippen molar-refractivity contribution in [3.05, 3.63) is 21.9 Å². The molecule has 0 unspecified atom stereocenters. The highest BCUT2D eigenvalue weighted by Crippen LogP contribution is 2.17. The third-order valence-corrected chi connectivity index (χ3v) is 4.23. The summed E-state index contributed by atoms with van der Waals surface area (Å²) in [7, 11) is 2.15. The van der Waals surface area contributed by atoms with Gasteiger partial charge in [0.1, 0.15) is 4.88 Å². The summed E-state index contributed by atoms with van der Waals surface area (Å²) in [5.41, 5.74) is 0. The van der Waals surface area contributed by atoms with Gasteiger partial charge in [0.05, 0.1) is 0 Å². The predicted molar refractivity (Wildman–Crippen MR) is 68.6 cm³/mol. The number of rotatable bonds is 4. The molecule has 1 aliphatic heterocycles. The van der Waals surface area contributed by atoms with Crippen LogP contribution in [0.4, 0.5) is 0 Å².